The smallest absolute Gasteiger partial charge is 0.159 e. The number of carbonyl (C=O) groups is 2. The van der Waals surface area contributed by atoms with Gasteiger partial charge in [0.05, 0.1) is 0 Å². The first-order chi connectivity index (χ1) is 13.1. The molecule has 2 heteroatoms. The molecule has 0 aromatic heterocycles. The number of aldehydes is 1. The van der Waals surface area contributed by atoms with Crippen LogP contribution in [-0.2, 0) is 16.0 Å². The molecule has 2 nitrogen and oxygen atoms in total. The maximum atomic E-state index is 11.9. The molecule has 3 atom stereocenters. The highest BCUT2D eigenvalue weighted by Crippen LogP contribution is 2.41. The van der Waals surface area contributed by atoms with Crippen molar-refractivity contribution in [3.63, 3.8) is 0 Å². The Morgan fingerprint density at radius 3 is 2.25 bits per heavy atom. The Morgan fingerprint density at radius 2 is 1.79 bits per heavy atom. The number of carbonyl (C=O) groups excluding carboxylic acids is 2. The maximum absolute atomic E-state index is 11.9. The van der Waals surface area contributed by atoms with E-state index in [1.54, 1.807) is 6.08 Å². The van der Waals surface area contributed by atoms with Crippen LogP contribution < -0.4 is 0 Å². The van der Waals surface area contributed by atoms with E-state index in [4.69, 9.17) is 0 Å². The molecule has 1 aliphatic rings. The lowest BCUT2D eigenvalue weighted by atomic mass is 9.65. The fourth-order valence-electron chi connectivity index (χ4n) is 3.91. The van der Waals surface area contributed by atoms with E-state index in [-0.39, 0.29) is 23.0 Å². The van der Waals surface area contributed by atoms with E-state index in [1.807, 2.05) is 19.9 Å². The highest BCUT2D eigenvalue weighted by molar-refractivity contribution is 5.92. The number of hydrogen-bond acceptors (Lipinski definition) is 2. The molecule has 0 aliphatic heterocycles. The first-order valence-electron chi connectivity index (χ1n) is 10.5. The molecular weight excluding hydrogens is 344 g/mol. The van der Waals surface area contributed by atoms with Gasteiger partial charge in [-0.1, -0.05) is 84.0 Å². The summed E-state index contributed by atoms with van der Waals surface area (Å²) in [6.07, 6.45) is 10.8. The molecule has 0 saturated heterocycles. The quantitative estimate of drug-likeness (QED) is 0.317. The number of rotatable bonds is 6. The van der Waals surface area contributed by atoms with E-state index < -0.39 is 0 Å². The monoisotopic (exact) mass is 382 g/mol. The van der Waals surface area contributed by atoms with Crippen molar-refractivity contribution < 1.29 is 9.59 Å². The van der Waals surface area contributed by atoms with Gasteiger partial charge in [-0.25, -0.2) is 0 Å². The lowest BCUT2D eigenvalue weighted by molar-refractivity contribution is -0.123. The molecule has 0 heterocycles. The number of ketones is 1. The van der Waals surface area contributed by atoms with Crippen LogP contribution in [-0.4, -0.2) is 12.1 Å². The van der Waals surface area contributed by atoms with Crippen LogP contribution >= 0.6 is 0 Å². The van der Waals surface area contributed by atoms with Crippen LogP contribution in [0.3, 0.4) is 0 Å². The molecule has 0 N–H and O–H groups in total. The van der Waals surface area contributed by atoms with Crippen LogP contribution in [0, 0.1) is 23.2 Å². The summed E-state index contributed by atoms with van der Waals surface area (Å²) in [5.74, 6) is 1.48. The Bertz CT molecular complexity index is 677. The number of hydrogen-bond donors (Lipinski definition) is 0. The molecule has 1 aromatic carbocycles. The van der Waals surface area contributed by atoms with Crippen molar-refractivity contribution in [2.24, 2.45) is 23.2 Å². The molecule has 0 fully saturated rings. The van der Waals surface area contributed by atoms with E-state index in [0.29, 0.717) is 11.8 Å². The average molecular weight is 383 g/mol. The second-order valence-corrected chi connectivity index (χ2v) is 9.07. The largest absolute Gasteiger partial charge is 0.303 e. The molecule has 154 valence electrons. The third-order valence-corrected chi connectivity index (χ3v) is 5.53. The van der Waals surface area contributed by atoms with Crippen molar-refractivity contribution in [3.05, 3.63) is 59.7 Å². The lowest BCUT2D eigenvalue weighted by Crippen LogP contribution is -2.36. The van der Waals surface area contributed by atoms with Crippen LogP contribution in [0.15, 0.2) is 48.6 Å². The summed E-state index contributed by atoms with van der Waals surface area (Å²) >= 11 is 0. The third kappa shape index (κ3) is 7.22. The van der Waals surface area contributed by atoms with Gasteiger partial charge in [0.25, 0.3) is 0 Å². The standard InChI is InChI=1S/C13H18O.C13H20O/c1-10(2)13-6-4-12(5-7-13)8-11(3)9-14;1-5-7-11(14)12-10(2)8-6-9-13(12,3)4/h4-7,9-11H,8H2,1-3H3;5-8,10,12H,9H2,1-4H3/b;7-5+. The van der Waals surface area contributed by atoms with Crippen LogP contribution in [0.4, 0.5) is 0 Å². The zero-order valence-electron chi connectivity index (χ0n) is 18.7. The predicted octanol–water partition coefficient (Wildman–Crippen LogP) is 6.56. The SMILES string of the molecule is C/C=C/C(=O)C1C(C)C=CCC1(C)C.CC(C=O)Cc1ccc(C(C)C)cc1. The van der Waals surface area contributed by atoms with E-state index in [2.05, 4.69) is 71.0 Å². The second-order valence-electron chi connectivity index (χ2n) is 9.07. The molecule has 3 unspecified atom stereocenters. The molecule has 0 radical (unpaired) electrons. The minimum absolute atomic E-state index is 0.102. The van der Waals surface area contributed by atoms with Gasteiger partial charge in [-0.2, -0.15) is 0 Å². The highest BCUT2D eigenvalue weighted by Gasteiger charge is 2.38. The fraction of sp³-hybridized carbons (Fsp3) is 0.538. The summed E-state index contributed by atoms with van der Waals surface area (Å²) in [4.78, 5) is 22.4. The van der Waals surface area contributed by atoms with Crippen LogP contribution in [0.25, 0.3) is 0 Å². The molecule has 28 heavy (non-hydrogen) atoms. The Morgan fingerprint density at radius 1 is 1.18 bits per heavy atom. The Kier molecular flexibility index (Phi) is 9.58. The summed E-state index contributed by atoms with van der Waals surface area (Å²) < 4.78 is 0. The molecule has 1 aliphatic carbocycles. The Balaban J connectivity index is 0.000000280. The highest BCUT2D eigenvalue weighted by atomic mass is 16.1. The third-order valence-electron chi connectivity index (χ3n) is 5.53. The van der Waals surface area contributed by atoms with Gasteiger partial charge in [0.1, 0.15) is 6.29 Å². The number of allylic oxidation sites excluding steroid dienone is 4. The Hall–Kier alpha value is -1.96. The van der Waals surface area contributed by atoms with E-state index in [1.165, 1.54) is 11.1 Å². The van der Waals surface area contributed by atoms with Crippen molar-refractivity contribution in [2.45, 2.75) is 67.2 Å². The summed E-state index contributed by atoms with van der Waals surface area (Å²) in [5, 5.41) is 0. The van der Waals surface area contributed by atoms with Crippen molar-refractivity contribution in [2.75, 3.05) is 0 Å². The summed E-state index contributed by atoms with van der Waals surface area (Å²) in [5.41, 5.74) is 2.70. The second kappa shape index (κ2) is 11.1. The van der Waals surface area contributed by atoms with Gasteiger partial charge in [0.15, 0.2) is 5.78 Å². The molecule has 0 amide bonds. The van der Waals surface area contributed by atoms with Gasteiger partial charge in [-0.3, -0.25) is 4.79 Å². The average Bonchev–Trinajstić information content (AvgIpc) is 2.62. The Labute approximate surface area is 172 Å². The molecule has 0 saturated carbocycles. The molecular formula is C26H38O2. The first-order valence-corrected chi connectivity index (χ1v) is 10.5. The van der Waals surface area contributed by atoms with Gasteiger partial charge >= 0.3 is 0 Å². The summed E-state index contributed by atoms with van der Waals surface area (Å²) in [6.45, 7) is 14.7. The molecule has 2 rings (SSSR count). The maximum Gasteiger partial charge on any atom is 0.159 e. The van der Waals surface area contributed by atoms with E-state index in [0.717, 1.165) is 19.1 Å². The first kappa shape index (κ1) is 24.1. The zero-order chi connectivity index (χ0) is 21.3. The van der Waals surface area contributed by atoms with Crippen molar-refractivity contribution in [1.29, 1.82) is 0 Å². The van der Waals surface area contributed by atoms with Gasteiger partial charge in [0, 0.05) is 11.8 Å². The minimum Gasteiger partial charge on any atom is -0.303 e. The predicted molar refractivity (Wildman–Crippen MR) is 119 cm³/mol. The van der Waals surface area contributed by atoms with Crippen LogP contribution in [0.2, 0.25) is 0 Å². The van der Waals surface area contributed by atoms with E-state index in [9.17, 15) is 9.59 Å². The van der Waals surface area contributed by atoms with Crippen LogP contribution in [0.1, 0.15) is 71.9 Å². The topological polar surface area (TPSA) is 34.1 Å². The van der Waals surface area contributed by atoms with Crippen molar-refractivity contribution in [1.82, 2.24) is 0 Å². The van der Waals surface area contributed by atoms with Gasteiger partial charge in [0.2, 0.25) is 0 Å². The molecule has 0 spiro atoms. The summed E-state index contributed by atoms with van der Waals surface area (Å²) in [6, 6.07) is 8.54. The van der Waals surface area contributed by atoms with Crippen molar-refractivity contribution >= 4 is 12.1 Å². The van der Waals surface area contributed by atoms with Gasteiger partial charge in [-0.15, -0.1) is 0 Å². The molecule has 1 aromatic rings. The summed E-state index contributed by atoms with van der Waals surface area (Å²) in [7, 11) is 0. The lowest BCUT2D eigenvalue weighted by Gasteiger charge is -2.38. The van der Waals surface area contributed by atoms with Crippen molar-refractivity contribution in [3.8, 4) is 0 Å². The minimum atomic E-state index is 0.102. The fourth-order valence-corrected chi connectivity index (χ4v) is 3.91. The van der Waals surface area contributed by atoms with Gasteiger partial charge in [-0.05, 0) is 54.2 Å². The number of benzene rings is 1. The normalized spacial score (nSPS) is 21.9. The van der Waals surface area contributed by atoms with Gasteiger partial charge < -0.3 is 4.79 Å². The molecule has 0 bridgehead atoms. The zero-order valence-corrected chi connectivity index (χ0v) is 18.7. The van der Waals surface area contributed by atoms with Crippen LogP contribution in [0.5, 0.6) is 0 Å². The van der Waals surface area contributed by atoms with E-state index >= 15 is 0 Å².